The number of hydrogen-bond donors (Lipinski definition) is 2. The van der Waals surface area contributed by atoms with E-state index in [1.165, 1.54) is 19.2 Å². The monoisotopic (exact) mass is 499 g/mol. The smallest absolute Gasteiger partial charge is 0.451 e. The molecule has 2 fully saturated rings. The average molecular weight is 499 g/mol. The number of benzene rings is 1. The molecule has 4 rings (SSSR count). The second-order valence-corrected chi connectivity index (χ2v) is 10.2. The van der Waals surface area contributed by atoms with Gasteiger partial charge in [0, 0.05) is 13.6 Å². The zero-order valence-corrected chi connectivity index (χ0v) is 18.6. The Kier molecular flexibility index (Phi) is 5.97. The Morgan fingerprint density at radius 3 is 2.24 bits per heavy atom. The third kappa shape index (κ3) is 4.97. The van der Waals surface area contributed by atoms with Gasteiger partial charge in [0.15, 0.2) is 5.75 Å². The van der Waals surface area contributed by atoms with Gasteiger partial charge in [-0.3, -0.25) is 10.1 Å². The summed E-state index contributed by atoms with van der Waals surface area (Å²) in [5.41, 5.74) is -0.867. The Morgan fingerprint density at radius 2 is 1.74 bits per heavy atom. The zero-order chi connectivity index (χ0) is 24.7. The van der Waals surface area contributed by atoms with Crippen LogP contribution in [0.15, 0.2) is 36.7 Å². The third-order valence-corrected chi connectivity index (χ3v) is 7.47. The highest BCUT2D eigenvalue weighted by Gasteiger charge is 2.58. The van der Waals surface area contributed by atoms with Crippen molar-refractivity contribution in [2.24, 2.45) is 5.92 Å². The number of carbonyl (C=O) groups excluding carboxylic acids is 2. The van der Waals surface area contributed by atoms with Gasteiger partial charge in [0.2, 0.25) is 15.8 Å². The van der Waals surface area contributed by atoms with Crippen molar-refractivity contribution in [3.05, 3.63) is 48.0 Å². The van der Waals surface area contributed by atoms with E-state index in [4.69, 9.17) is 4.74 Å². The normalized spacial score (nSPS) is 20.9. The van der Waals surface area contributed by atoms with E-state index >= 15 is 0 Å². The second kappa shape index (κ2) is 8.51. The molecule has 3 amide bonds. The van der Waals surface area contributed by atoms with Gasteiger partial charge in [-0.1, -0.05) is 12.1 Å². The zero-order valence-electron chi connectivity index (χ0n) is 17.8. The third-order valence-electron chi connectivity index (χ3n) is 5.57. The number of halogens is 3. The summed E-state index contributed by atoms with van der Waals surface area (Å²) in [5.74, 6) is -2.40. The number of imide groups is 1. The number of carbonyl (C=O) groups is 2. The number of amides is 3. The summed E-state index contributed by atoms with van der Waals surface area (Å²) in [5, 5.41) is 4.63. The molecule has 0 bridgehead atoms. The Balaban J connectivity index is 1.40. The molecule has 1 aromatic carbocycles. The molecule has 2 aromatic rings. The summed E-state index contributed by atoms with van der Waals surface area (Å²) in [4.78, 5) is 30.4. The predicted molar refractivity (Wildman–Crippen MR) is 111 cm³/mol. The van der Waals surface area contributed by atoms with Crippen molar-refractivity contribution in [2.45, 2.75) is 31.1 Å². The van der Waals surface area contributed by atoms with Crippen molar-refractivity contribution < 1.29 is 35.9 Å². The molecule has 10 nitrogen and oxygen atoms in total. The first-order chi connectivity index (χ1) is 15.9. The standard InChI is InChI=1S/C20H20F3N5O5S/c1-28(34(31,32)11-19(13-4-5-13)17(29)26-18(30)27-19)10-12-2-6-14(7-3-12)33-15-8-24-16(25-9-15)20(21,22)23/h2-3,6-9,13H,4-5,10-11H2,1H3,(H2,26,27,29,30)/t19-/m0/s1. The predicted octanol–water partition coefficient (Wildman–Crippen LogP) is 2.04. The van der Waals surface area contributed by atoms with E-state index in [1.54, 1.807) is 12.1 Å². The van der Waals surface area contributed by atoms with E-state index < -0.39 is 45.3 Å². The Hall–Kier alpha value is -3.26. The Morgan fingerprint density at radius 1 is 1.12 bits per heavy atom. The summed E-state index contributed by atoms with van der Waals surface area (Å²) < 4.78 is 70.1. The van der Waals surface area contributed by atoms with Gasteiger partial charge in [0.25, 0.3) is 5.91 Å². The molecule has 34 heavy (non-hydrogen) atoms. The highest BCUT2D eigenvalue weighted by Crippen LogP contribution is 2.42. The highest BCUT2D eigenvalue weighted by molar-refractivity contribution is 7.89. The topological polar surface area (TPSA) is 131 Å². The lowest BCUT2D eigenvalue weighted by molar-refractivity contribution is -0.145. The average Bonchev–Trinajstić information content (AvgIpc) is 3.56. The summed E-state index contributed by atoms with van der Waals surface area (Å²) in [6, 6.07) is 5.51. The van der Waals surface area contributed by atoms with E-state index in [0.29, 0.717) is 18.4 Å². The molecule has 0 spiro atoms. The van der Waals surface area contributed by atoms with Crippen LogP contribution in [0.4, 0.5) is 18.0 Å². The van der Waals surface area contributed by atoms with E-state index in [9.17, 15) is 31.2 Å². The number of rotatable bonds is 8. The Bertz CT molecular complexity index is 1200. The molecule has 1 atom stereocenters. The molecule has 1 aliphatic heterocycles. The van der Waals surface area contributed by atoms with Crippen LogP contribution in [-0.4, -0.2) is 53.0 Å². The molecular formula is C20H20F3N5O5S. The number of nitrogens with zero attached hydrogens (tertiary/aromatic N) is 3. The number of ether oxygens (including phenoxy) is 1. The molecular weight excluding hydrogens is 479 g/mol. The number of alkyl halides is 3. The van der Waals surface area contributed by atoms with Gasteiger partial charge in [-0.15, -0.1) is 0 Å². The first-order valence-corrected chi connectivity index (χ1v) is 11.7. The van der Waals surface area contributed by atoms with E-state index in [-0.39, 0.29) is 24.0 Å². The minimum Gasteiger partial charge on any atom is -0.454 e. The molecule has 0 radical (unpaired) electrons. The number of urea groups is 1. The molecule has 2 N–H and O–H groups in total. The van der Waals surface area contributed by atoms with Crippen molar-refractivity contribution >= 4 is 22.0 Å². The van der Waals surface area contributed by atoms with Crippen LogP contribution in [0.1, 0.15) is 24.2 Å². The SMILES string of the molecule is CN(Cc1ccc(Oc2cnc(C(F)(F)F)nc2)cc1)S(=O)(=O)C[C@@]1(C2CC2)NC(=O)NC1=O. The maximum Gasteiger partial charge on any atom is 0.451 e. The molecule has 1 saturated heterocycles. The number of hydrogen-bond acceptors (Lipinski definition) is 7. The van der Waals surface area contributed by atoms with Gasteiger partial charge in [-0.2, -0.15) is 13.2 Å². The minimum atomic E-state index is -4.65. The summed E-state index contributed by atoms with van der Waals surface area (Å²) in [7, 11) is -2.55. The maximum atomic E-state index is 13.0. The second-order valence-electron chi connectivity index (χ2n) is 8.15. The van der Waals surface area contributed by atoms with Gasteiger partial charge in [-0.05, 0) is 36.5 Å². The van der Waals surface area contributed by atoms with Crippen molar-refractivity contribution in [1.29, 1.82) is 0 Å². The van der Waals surface area contributed by atoms with Gasteiger partial charge >= 0.3 is 12.2 Å². The van der Waals surface area contributed by atoms with Crippen LogP contribution < -0.4 is 15.4 Å². The maximum absolute atomic E-state index is 13.0. The number of nitrogens with one attached hydrogen (secondary N) is 2. The van der Waals surface area contributed by atoms with Crippen molar-refractivity contribution in [3.63, 3.8) is 0 Å². The number of sulfonamides is 1. The molecule has 1 aromatic heterocycles. The van der Waals surface area contributed by atoms with E-state index in [1.807, 2.05) is 0 Å². The van der Waals surface area contributed by atoms with Crippen LogP contribution in [0.5, 0.6) is 11.5 Å². The first-order valence-electron chi connectivity index (χ1n) is 10.1. The molecule has 182 valence electrons. The van der Waals surface area contributed by atoms with Gasteiger partial charge in [-0.25, -0.2) is 27.5 Å². The largest absolute Gasteiger partial charge is 0.454 e. The highest BCUT2D eigenvalue weighted by atomic mass is 32.2. The molecule has 0 unspecified atom stereocenters. The fourth-order valence-electron chi connectivity index (χ4n) is 3.66. The lowest BCUT2D eigenvalue weighted by atomic mass is 9.96. The molecule has 14 heteroatoms. The van der Waals surface area contributed by atoms with Crippen LogP contribution in [0, 0.1) is 5.92 Å². The van der Waals surface area contributed by atoms with Crippen LogP contribution >= 0.6 is 0 Å². The van der Waals surface area contributed by atoms with Gasteiger partial charge < -0.3 is 10.1 Å². The van der Waals surface area contributed by atoms with Crippen molar-refractivity contribution in [3.8, 4) is 11.5 Å². The molecule has 2 aliphatic rings. The number of aromatic nitrogens is 2. The van der Waals surface area contributed by atoms with Crippen LogP contribution in [0.25, 0.3) is 0 Å². The van der Waals surface area contributed by atoms with Crippen LogP contribution in [-0.2, 0) is 27.5 Å². The lowest BCUT2D eigenvalue weighted by Gasteiger charge is -2.28. The minimum absolute atomic E-state index is 0.00251. The fourth-order valence-corrected chi connectivity index (χ4v) is 5.24. The summed E-state index contributed by atoms with van der Waals surface area (Å²) in [6.45, 7) is -0.0116. The fraction of sp³-hybridized carbons (Fsp3) is 0.400. The van der Waals surface area contributed by atoms with Gasteiger partial charge in [0.05, 0.1) is 18.1 Å². The van der Waals surface area contributed by atoms with E-state index in [2.05, 4.69) is 20.6 Å². The van der Waals surface area contributed by atoms with Crippen molar-refractivity contribution in [2.75, 3.05) is 12.8 Å². The lowest BCUT2D eigenvalue weighted by Crippen LogP contribution is -2.56. The summed E-state index contributed by atoms with van der Waals surface area (Å²) in [6.07, 6.45) is -1.55. The van der Waals surface area contributed by atoms with Gasteiger partial charge in [0.1, 0.15) is 11.3 Å². The molecule has 1 aliphatic carbocycles. The quantitative estimate of drug-likeness (QED) is 0.532. The molecule has 2 heterocycles. The van der Waals surface area contributed by atoms with Crippen molar-refractivity contribution in [1.82, 2.24) is 24.9 Å². The summed E-state index contributed by atoms with van der Waals surface area (Å²) >= 11 is 0. The van der Waals surface area contributed by atoms with Crippen LogP contribution in [0.3, 0.4) is 0 Å². The Labute approximate surface area is 192 Å². The first kappa shape index (κ1) is 23.9. The van der Waals surface area contributed by atoms with Crippen LogP contribution in [0.2, 0.25) is 0 Å². The molecule has 1 saturated carbocycles. The van der Waals surface area contributed by atoms with E-state index in [0.717, 1.165) is 16.7 Å².